The first-order valence-corrected chi connectivity index (χ1v) is 4.59. The molecule has 16 heavy (non-hydrogen) atoms. The average molecular weight is 218 g/mol. The van der Waals surface area contributed by atoms with Crippen LogP contribution in [0.4, 0.5) is 0 Å². The van der Waals surface area contributed by atoms with Gasteiger partial charge < -0.3 is 15.4 Å². The molecule has 6 nitrogen and oxygen atoms in total. The molecular weight excluding hydrogens is 208 g/mol. The van der Waals surface area contributed by atoms with Crippen molar-refractivity contribution in [3.05, 3.63) is 35.7 Å². The van der Waals surface area contributed by atoms with E-state index in [1.54, 1.807) is 31.2 Å². The fraction of sp³-hybridized carbons (Fsp3) is 0.100. The first kappa shape index (κ1) is 10.2. The smallest absolute Gasteiger partial charge is 0.247 e. The highest BCUT2D eigenvalue weighted by Crippen LogP contribution is 2.18. The summed E-state index contributed by atoms with van der Waals surface area (Å²) in [6, 6.07) is 7.01. The maximum atomic E-state index is 8.57. The highest BCUT2D eigenvalue weighted by atomic mass is 16.4. The van der Waals surface area contributed by atoms with Crippen molar-refractivity contribution in [2.45, 2.75) is 6.92 Å². The van der Waals surface area contributed by atoms with Gasteiger partial charge in [0.25, 0.3) is 0 Å². The number of hydrogen-bond donors (Lipinski definition) is 2. The number of aromatic nitrogens is 2. The third-order valence-electron chi connectivity index (χ3n) is 2.04. The van der Waals surface area contributed by atoms with E-state index in [9.17, 15) is 0 Å². The summed E-state index contributed by atoms with van der Waals surface area (Å²) >= 11 is 0. The Morgan fingerprint density at radius 2 is 2.25 bits per heavy atom. The fourth-order valence-corrected chi connectivity index (χ4v) is 1.28. The highest BCUT2D eigenvalue weighted by molar-refractivity contribution is 5.97. The maximum Gasteiger partial charge on any atom is 0.247 e. The molecule has 0 saturated carbocycles. The fourth-order valence-electron chi connectivity index (χ4n) is 1.28. The minimum absolute atomic E-state index is 0.0399. The normalized spacial score (nSPS) is 11.7. The number of benzene rings is 1. The van der Waals surface area contributed by atoms with Crippen LogP contribution in [-0.4, -0.2) is 21.2 Å². The third-order valence-corrected chi connectivity index (χ3v) is 2.04. The van der Waals surface area contributed by atoms with Crippen LogP contribution in [0.5, 0.6) is 0 Å². The number of rotatable bonds is 2. The minimum atomic E-state index is 0.0399. The molecule has 3 N–H and O–H groups in total. The molecule has 0 amide bonds. The first-order chi connectivity index (χ1) is 7.70. The number of hydrogen-bond acceptors (Lipinski definition) is 5. The topological polar surface area (TPSA) is 97.5 Å². The Bertz CT molecular complexity index is 533. The van der Waals surface area contributed by atoms with Crippen molar-refractivity contribution in [1.29, 1.82) is 0 Å². The van der Waals surface area contributed by atoms with Crippen LogP contribution in [0.3, 0.4) is 0 Å². The summed E-state index contributed by atoms with van der Waals surface area (Å²) in [5.41, 5.74) is 6.80. The summed E-state index contributed by atoms with van der Waals surface area (Å²) in [6.07, 6.45) is 0. The molecule has 0 radical (unpaired) electrons. The van der Waals surface area contributed by atoms with Crippen LogP contribution in [0.15, 0.2) is 33.8 Å². The van der Waals surface area contributed by atoms with E-state index in [1.807, 2.05) is 0 Å². The van der Waals surface area contributed by atoms with E-state index in [4.69, 9.17) is 15.4 Å². The van der Waals surface area contributed by atoms with Crippen molar-refractivity contribution < 1.29 is 9.62 Å². The summed E-state index contributed by atoms with van der Waals surface area (Å²) in [6.45, 7) is 1.71. The van der Waals surface area contributed by atoms with Gasteiger partial charge in [0.2, 0.25) is 11.8 Å². The summed E-state index contributed by atoms with van der Waals surface area (Å²) < 4.78 is 5.27. The van der Waals surface area contributed by atoms with Gasteiger partial charge in [-0.3, -0.25) is 0 Å². The lowest BCUT2D eigenvalue weighted by Gasteiger charge is -1.99. The van der Waals surface area contributed by atoms with Crippen molar-refractivity contribution in [2.24, 2.45) is 10.9 Å². The molecule has 0 aliphatic carbocycles. The zero-order chi connectivity index (χ0) is 11.5. The molecule has 6 heteroatoms. The molecule has 0 aliphatic heterocycles. The van der Waals surface area contributed by atoms with Crippen LogP contribution in [0.25, 0.3) is 11.5 Å². The summed E-state index contributed by atoms with van der Waals surface area (Å²) in [5.74, 6) is 0.937. The molecule has 0 atom stereocenters. The first-order valence-electron chi connectivity index (χ1n) is 4.59. The second-order valence-electron chi connectivity index (χ2n) is 3.19. The number of amidine groups is 1. The number of nitrogens with two attached hydrogens (primary N) is 1. The molecule has 1 aromatic carbocycles. The summed E-state index contributed by atoms with van der Waals surface area (Å²) in [4.78, 5) is 0. The van der Waals surface area contributed by atoms with E-state index in [2.05, 4.69) is 15.4 Å². The van der Waals surface area contributed by atoms with E-state index >= 15 is 0 Å². The average Bonchev–Trinajstić information content (AvgIpc) is 2.75. The van der Waals surface area contributed by atoms with Crippen LogP contribution in [0, 0.1) is 6.92 Å². The van der Waals surface area contributed by atoms with Crippen molar-refractivity contribution >= 4 is 5.84 Å². The largest absolute Gasteiger partial charge is 0.421 e. The Labute approximate surface area is 91.4 Å². The van der Waals surface area contributed by atoms with Crippen molar-refractivity contribution in [3.8, 4) is 11.5 Å². The van der Waals surface area contributed by atoms with Crippen LogP contribution < -0.4 is 5.73 Å². The molecule has 2 rings (SSSR count). The van der Waals surface area contributed by atoms with Gasteiger partial charge in [-0.05, 0) is 12.1 Å². The Morgan fingerprint density at radius 1 is 1.44 bits per heavy atom. The molecule has 0 fully saturated rings. The van der Waals surface area contributed by atoms with Crippen LogP contribution in [0.2, 0.25) is 0 Å². The maximum absolute atomic E-state index is 8.57. The van der Waals surface area contributed by atoms with Gasteiger partial charge in [-0.2, -0.15) is 0 Å². The lowest BCUT2D eigenvalue weighted by atomic mass is 10.1. The zero-order valence-electron chi connectivity index (χ0n) is 8.58. The number of nitrogens with zero attached hydrogens (tertiary/aromatic N) is 3. The Hall–Kier alpha value is -2.37. The number of aryl methyl sites for hydroxylation is 1. The van der Waals surface area contributed by atoms with Gasteiger partial charge in [0, 0.05) is 18.1 Å². The van der Waals surface area contributed by atoms with E-state index in [1.165, 1.54) is 0 Å². The van der Waals surface area contributed by atoms with Crippen molar-refractivity contribution in [2.75, 3.05) is 0 Å². The molecule has 2 aromatic rings. The summed E-state index contributed by atoms with van der Waals surface area (Å²) in [7, 11) is 0. The quantitative estimate of drug-likeness (QED) is 0.341. The van der Waals surface area contributed by atoms with E-state index < -0.39 is 0 Å². The van der Waals surface area contributed by atoms with Crippen LogP contribution >= 0.6 is 0 Å². The third kappa shape index (κ3) is 1.85. The lowest BCUT2D eigenvalue weighted by molar-refractivity contribution is 0.318. The van der Waals surface area contributed by atoms with Gasteiger partial charge in [0.1, 0.15) is 0 Å². The summed E-state index contributed by atoms with van der Waals surface area (Å²) in [5, 5.41) is 19.1. The van der Waals surface area contributed by atoms with Gasteiger partial charge in [-0.15, -0.1) is 10.2 Å². The van der Waals surface area contributed by atoms with Crippen molar-refractivity contribution in [3.63, 3.8) is 0 Å². The van der Waals surface area contributed by atoms with Crippen molar-refractivity contribution in [1.82, 2.24) is 10.2 Å². The highest BCUT2D eigenvalue weighted by Gasteiger charge is 2.07. The molecular formula is C10H10N4O2. The lowest BCUT2D eigenvalue weighted by Crippen LogP contribution is -2.12. The van der Waals surface area contributed by atoms with Crippen LogP contribution in [0.1, 0.15) is 11.5 Å². The Morgan fingerprint density at radius 3 is 2.88 bits per heavy atom. The molecule has 0 saturated heterocycles. The van der Waals surface area contributed by atoms with Gasteiger partial charge in [0.05, 0.1) is 0 Å². The molecule has 0 spiro atoms. The van der Waals surface area contributed by atoms with E-state index in [0.29, 0.717) is 17.3 Å². The second-order valence-corrected chi connectivity index (χ2v) is 3.19. The standard InChI is InChI=1S/C10H10N4O2/c1-6-12-13-10(16-6)8-4-2-3-7(5-8)9(11)14-15/h2-5,15H,1H3,(H2,11,14). The molecule has 1 heterocycles. The van der Waals surface area contributed by atoms with Gasteiger partial charge in [0.15, 0.2) is 5.84 Å². The predicted molar refractivity (Wildman–Crippen MR) is 57.0 cm³/mol. The van der Waals surface area contributed by atoms with E-state index in [0.717, 1.165) is 5.56 Å². The van der Waals surface area contributed by atoms with E-state index in [-0.39, 0.29) is 5.84 Å². The van der Waals surface area contributed by atoms with Crippen LogP contribution in [-0.2, 0) is 0 Å². The molecule has 0 bridgehead atoms. The van der Waals surface area contributed by atoms with Gasteiger partial charge >= 0.3 is 0 Å². The molecule has 0 aliphatic rings. The van der Waals surface area contributed by atoms with Gasteiger partial charge in [-0.25, -0.2) is 0 Å². The minimum Gasteiger partial charge on any atom is -0.421 e. The SMILES string of the molecule is Cc1nnc(-c2cccc(/C(N)=N\O)c2)o1. The molecule has 1 aromatic heterocycles. The monoisotopic (exact) mass is 218 g/mol. The predicted octanol–water partition coefficient (Wildman–Crippen LogP) is 1.14. The molecule has 82 valence electrons. The Balaban J connectivity index is 2.43. The zero-order valence-corrected chi connectivity index (χ0v) is 8.58. The second kappa shape index (κ2) is 4.01. The molecule has 0 unspecified atom stereocenters. The van der Waals surface area contributed by atoms with Gasteiger partial charge in [-0.1, -0.05) is 17.3 Å². The number of oxime groups is 1. The Kier molecular flexibility index (Phi) is 2.55.